The summed E-state index contributed by atoms with van der Waals surface area (Å²) in [5.74, 6) is 1.28. The van der Waals surface area contributed by atoms with Gasteiger partial charge in [-0.05, 0) is 43.0 Å². The van der Waals surface area contributed by atoms with Gasteiger partial charge in [0, 0.05) is 39.9 Å². The van der Waals surface area contributed by atoms with Gasteiger partial charge in [-0.1, -0.05) is 44.2 Å². The zero-order valence-electron chi connectivity index (χ0n) is 18.1. The molecule has 2 aromatic carbocycles. The zero-order valence-corrected chi connectivity index (χ0v) is 18.9. The van der Waals surface area contributed by atoms with Gasteiger partial charge in [-0.15, -0.1) is 0 Å². The number of anilines is 3. The maximum Gasteiger partial charge on any atom is 0.226 e. The molecule has 0 saturated heterocycles. The fraction of sp³-hybridized carbons (Fsp3) is 0.167. The second-order valence-corrected chi connectivity index (χ2v) is 8.66. The van der Waals surface area contributed by atoms with Crippen molar-refractivity contribution < 1.29 is 4.79 Å². The summed E-state index contributed by atoms with van der Waals surface area (Å²) in [5.41, 5.74) is 3.55. The van der Waals surface area contributed by atoms with Crippen LogP contribution in [0.2, 0.25) is 0 Å². The summed E-state index contributed by atoms with van der Waals surface area (Å²) in [5, 5.41) is 13.9. The Morgan fingerprint density at radius 2 is 1.72 bits per heavy atom. The van der Waals surface area contributed by atoms with Crippen molar-refractivity contribution in [3.8, 4) is 11.3 Å². The Kier molecular flexibility index (Phi) is 6.51. The quantitative estimate of drug-likeness (QED) is 0.318. The van der Waals surface area contributed by atoms with E-state index in [1.165, 1.54) is 11.8 Å². The predicted octanol–water partition coefficient (Wildman–Crippen LogP) is 5.66. The Morgan fingerprint density at radius 1 is 0.969 bits per heavy atom. The zero-order chi connectivity index (χ0) is 22.5. The molecule has 162 valence electrons. The summed E-state index contributed by atoms with van der Waals surface area (Å²) in [6.45, 7) is 5.68. The third-order valence-corrected chi connectivity index (χ3v) is 5.47. The second-order valence-electron chi connectivity index (χ2n) is 7.62. The molecule has 0 unspecified atom stereocenters. The number of carbonyl (C=O) groups is 1. The van der Waals surface area contributed by atoms with Crippen LogP contribution >= 0.6 is 11.8 Å². The van der Waals surface area contributed by atoms with Gasteiger partial charge >= 0.3 is 0 Å². The average Bonchev–Trinajstić information content (AvgIpc) is 3.20. The van der Waals surface area contributed by atoms with Gasteiger partial charge in [0.25, 0.3) is 0 Å². The SMILES string of the molecule is Cc1cc(Nc2cc(-c3ccccc3)nc(Sc3ccc(NC(=O)C(C)C)cc3)n2)n[nH]1. The van der Waals surface area contributed by atoms with Crippen molar-refractivity contribution in [1.82, 2.24) is 20.2 Å². The molecular weight excluding hydrogens is 420 g/mol. The highest BCUT2D eigenvalue weighted by Crippen LogP contribution is 2.30. The Labute approximate surface area is 191 Å². The molecule has 2 aromatic heterocycles. The van der Waals surface area contributed by atoms with Crippen LogP contribution in [0.3, 0.4) is 0 Å². The number of nitrogens with one attached hydrogen (secondary N) is 3. The molecule has 1 amide bonds. The molecule has 0 aliphatic heterocycles. The summed E-state index contributed by atoms with van der Waals surface area (Å²) < 4.78 is 0. The number of nitrogens with zero attached hydrogens (tertiary/aromatic N) is 3. The van der Waals surface area contributed by atoms with Crippen molar-refractivity contribution >= 4 is 35.0 Å². The minimum atomic E-state index is -0.0672. The highest BCUT2D eigenvalue weighted by Gasteiger charge is 2.11. The third-order valence-electron chi connectivity index (χ3n) is 4.59. The van der Waals surface area contributed by atoms with Crippen LogP contribution in [0.1, 0.15) is 19.5 Å². The van der Waals surface area contributed by atoms with Crippen LogP contribution in [0.15, 0.2) is 76.8 Å². The second kappa shape index (κ2) is 9.65. The molecule has 7 nitrogen and oxygen atoms in total. The van der Waals surface area contributed by atoms with E-state index in [4.69, 9.17) is 4.98 Å². The van der Waals surface area contributed by atoms with Crippen molar-refractivity contribution in [2.24, 2.45) is 5.92 Å². The normalized spacial score (nSPS) is 10.9. The molecule has 0 fully saturated rings. The van der Waals surface area contributed by atoms with Gasteiger partial charge in [-0.2, -0.15) is 5.10 Å². The summed E-state index contributed by atoms with van der Waals surface area (Å²) in [4.78, 5) is 22.3. The maximum absolute atomic E-state index is 11.9. The Hall–Kier alpha value is -3.65. The lowest BCUT2D eigenvalue weighted by Gasteiger charge is -2.10. The largest absolute Gasteiger partial charge is 0.326 e. The molecular formula is C24H24N6OS. The Morgan fingerprint density at radius 3 is 2.38 bits per heavy atom. The van der Waals surface area contributed by atoms with E-state index in [2.05, 4.69) is 25.8 Å². The highest BCUT2D eigenvalue weighted by molar-refractivity contribution is 7.99. The number of benzene rings is 2. The number of H-pyrrole nitrogens is 1. The molecule has 8 heteroatoms. The van der Waals surface area contributed by atoms with Crippen molar-refractivity contribution in [1.29, 1.82) is 0 Å². The molecule has 0 bridgehead atoms. The van der Waals surface area contributed by atoms with E-state index >= 15 is 0 Å². The first kappa shape index (κ1) is 21.6. The molecule has 0 radical (unpaired) electrons. The van der Waals surface area contributed by atoms with E-state index in [0.29, 0.717) is 16.8 Å². The lowest BCUT2D eigenvalue weighted by Crippen LogP contribution is -2.17. The minimum Gasteiger partial charge on any atom is -0.326 e. The number of aryl methyl sites for hydroxylation is 1. The molecule has 0 spiro atoms. The van der Waals surface area contributed by atoms with Gasteiger partial charge in [0.15, 0.2) is 11.0 Å². The van der Waals surface area contributed by atoms with Gasteiger partial charge in [-0.3, -0.25) is 9.89 Å². The number of aromatic amines is 1. The summed E-state index contributed by atoms with van der Waals surface area (Å²) in [6.07, 6.45) is 0. The fourth-order valence-corrected chi connectivity index (χ4v) is 3.67. The molecule has 0 saturated carbocycles. The molecule has 0 aliphatic carbocycles. The van der Waals surface area contributed by atoms with Crippen molar-refractivity contribution in [3.63, 3.8) is 0 Å². The number of aromatic nitrogens is 4. The van der Waals surface area contributed by atoms with Crippen LogP contribution in [0.25, 0.3) is 11.3 Å². The maximum atomic E-state index is 11.9. The topological polar surface area (TPSA) is 95.6 Å². The monoisotopic (exact) mass is 444 g/mol. The van der Waals surface area contributed by atoms with Crippen molar-refractivity contribution in [2.45, 2.75) is 30.8 Å². The number of amides is 1. The summed E-state index contributed by atoms with van der Waals surface area (Å²) in [6, 6.07) is 21.5. The Balaban J connectivity index is 1.59. The highest BCUT2D eigenvalue weighted by atomic mass is 32.2. The van der Waals surface area contributed by atoms with Crippen LogP contribution < -0.4 is 10.6 Å². The first-order valence-corrected chi connectivity index (χ1v) is 11.1. The predicted molar refractivity (Wildman–Crippen MR) is 128 cm³/mol. The number of hydrogen-bond acceptors (Lipinski definition) is 6. The average molecular weight is 445 g/mol. The van der Waals surface area contributed by atoms with Crippen LogP contribution in [0.5, 0.6) is 0 Å². The first-order valence-electron chi connectivity index (χ1n) is 10.3. The first-order chi connectivity index (χ1) is 15.5. The van der Waals surface area contributed by atoms with E-state index in [1.54, 1.807) is 0 Å². The van der Waals surface area contributed by atoms with Gasteiger partial charge < -0.3 is 10.6 Å². The van der Waals surface area contributed by atoms with Crippen molar-refractivity contribution in [2.75, 3.05) is 10.6 Å². The molecule has 4 aromatic rings. The minimum absolute atomic E-state index is 0.00591. The molecule has 2 heterocycles. The molecule has 0 aliphatic rings. The summed E-state index contributed by atoms with van der Waals surface area (Å²) in [7, 11) is 0. The number of rotatable bonds is 7. The fourth-order valence-electron chi connectivity index (χ4n) is 2.90. The number of carbonyl (C=O) groups excluding carboxylic acids is 1. The lowest BCUT2D eigenvalue weighted by molar-refractivity contribution is -0.118. The third kappa shape index (κ3) is 5.53. The van der Waals surface area contributed by atoms with Crippen LogP contribution in [0, 0.1) is 12.8 Å². The molecule has 32 heavy (non-hydrogen) atoms. The molecule has 4 rings (SSSR count). The standard InChI is InChI=1S/C24H24N6OS/c1-15(2)23(31)25-18-9-11-19(12-10-18)32-24-26-20(17-7-5-4-6-8-17)14-21(28-24)27-22-13-16(3)29-30-22/h4-15H,1-3H3,(H,25,31)(H2,26,27,28,29,30). The van der Waals surface area contributed by atoms with E-state index < -0.39 is 0 Å². The van der Waals surface area contributed by atoms with Gasteiger partial charge in [-0.25, -0.2) is 9.97 Å². The molecule has 0 atom stereocenters. The summed E-state index contributed by atoms with van der Waals surface area (Å²) >= 11 is 1.46. The Bertz CT molecular complexity index is 1200. The van der Waals surface area contributed by atoms with Crippen molar-refractivity contribution in [3.05, 3.63) is 72.4 Å². The van der Waals surface area contributed by atoms with Crippen LogP contribution in [-0.4, -0.2) is 26.1 Å². The van der Waals surface area contributed by atoms with E-state index in [9.17, 15) is 4.79 Å². The van der Waals surface area contributed by atoms with Crippen LogP contribution in [-0.2, 0) is 4.79 Å². The van der Waals surface area contributed by atoms with E-state index in [-0.39, 0.29) is 11.8 Å². The van der Waals surface area contributed by atoms with Gasteiger partial charge in [0.05, 0.1) is 5.69 Å². The van der Waals surface area contributed by atoms with Gasteiger partial charge in [0.2, 0.25) is 5.91 Å². The number of hydrogen-bond donors (Lipinski definition) is 3. The van der Waals surface area contributed by atoms with E-state index in [1.807, 2.05) is 87.5 Å². The van der Waals surface area contributed by atoms with Crippen LogP contribution in [0.4, 0.5) is 17.3 Å². The van der Waals surface area contributed by atoms with Gasteiger partial charge in [0.1, 0.15) is 5.82 Å². The lowest BCUT2D eigenvalue weighted by atomic mass is 10.1. The smallest absolute Gasteiger partial charge is 0.226 e. The van der Waals surface area contributed by atoms with E-state index in [0.717, 1.165) is 27.5 Å². The molecule has 3 N–H and O–H groups in total.